The van der Waals surface area contributed by atoms with Gasteiger partial charge in [-0.2, -0.15) is 0 Å². The van der Waals surface area contributed by atoms with Crippen molar-refractivity contribution in [1.29, 1.82) is 0 Å². The number of rotatable bonds is 5. The molecule has 5 heteroatoms. The number of aryl methyl sites for hydroxylation is 1. The second-order valence-electron chi connectivity index (χ2n) is 5.09. The van der Waals surface area contributed by atoms with E-state index in [1.165, 1.54) is 11.1 Å². The van der Waals surface area contributed by atoms with E-state index in [9.17, 15) is 9.59 Å². The molecule has 1 aromatic carbocycles. The first-order valence-corrected chi connectivity index (χ1v) is 6.87. The number of benzene rings is 1. The fourth-order valence-electron chi connectivity index (χ4n) is 2.04. The highest BCUT2D eigenvalue weighted by Crippen LogP contribution is 2.26. The Morgan fingerprint density at radius 1 is 1.27 bits per heavy atom. The van der Waals surface area contributed by atoms with Crippen molar-refractivity contribution in [1.82, 2.24) is 9.88 Å². The molecule has 0 saturated heterocycles. The first-order valence-electron chi connectivity index (χ1n) is 6.87. The molecule has 1 aromatic heterocycles. The molecule has 0 spiro atoms. The monoisotopic (exact) mass is 298 g/mol. The van der Waals surface area contributed by atoms with Gasteiger partial charge in [0.15, 0.2) is 12.0 Å². The van der Waals surface area contributed by atoms with Gasteiger partial charge >= 0.3 is 0 Å². The predicted octanol–water partition coefficient (Wildman–Crippen LogP) is 2.48. The summed E-state index contributed by atoms with van der Waals surface area (Å²) in [5.41, 5.74) is 2.03. The third-order valence-corrected chi connectivity index (χ3v) is 3.21. The molecule has 0 N–H and O–H groups in total. The fraction of sp³-hybridized carbons (Fsp3) is 0.235. The van der Waals surface area contributed by atoms with E-state index < -0.39 is 0 Å². The quantitative estimate of drug-likeness (QED) is 0.796. The molecular formula is C17H18N2O3. The number of amides is 1. The first kappa shape index (κ1) is 15.7. The maximum Gasteiger partial charge on any atom is 0.257 e. The molecule has 1 amide bonds. The zero-order chi connectivity index (χ0) is 16.1. The Balaban J connectivity index is 2.40. The van der Waals surface area contributed by atoms with Gasteiger partial charge in [-0.3, -0.25) is 14.6 Å². The Hall–Kier alpha value is -2.69. The third-order valence-electron chi connectivity index (χ3n) is 3.21. The lowest BCUT2D eigenvalue weighted by Gasteiger charge is -2.17. The van der Waals surface area contributed by atoms with Gasteiger partial charge < -0.3 is 9.64 Å². The molecule has 0 saturated carbocycles. The molecule has 22 heavy (non-hydrogen) atoms. The van der Waals surface area contributed by atoms with Gasteiger partial charge in [0.1, 0.15) is 6.61 Å². The molecule has 114 valence electrons. The maximum atomic E-state index is 12.4. The van der Waals surface area contributed by atoms with Crippen molar-refractivity contribution in [2.45, 2.75) is 13.5 Å². The van der Waals surface area contributed by atoms with E-state index in [0.29, 0.717) is 24.3 Å². The number of pyridine rings is 1. The summed E-state index contributed by atoms with van der Waals surface area (Å²) in [5, 5.41) is 0. The zero-order valence-corrected chi connectivity index (χ0v) is 12.9. The van der Waals surface area contributed by atoms with Gasteiger partial charge in [0.2, 0.25) is 0 Å². The molecule has 0 aliphatic rings. The van der Waals surface area contributed by atoms with Crippen LogP contribution in [0, 0.1) is 6.92 Å². The van der Waals surface area contributed by atoms with Crippen molar-refractivity contribution in [2.24, 2.45) is 0 Å². The summed E-state index contributed by atoms with van der Waals surface area (Å²) in [4.78, 5) is 29.1. The minimum Gasteiger partial charge on any atom is -0.486 e. The third kappa shape index (κ3) is 3.31. The highest BCUT2D eigenvalue weighted by Gasteiger charge is 2.22. The summed E-state index contributed by atoms with van der Waals surface area (Å²) in [6, 6.07) is 9.61. The van der Waals surface area contributed by atoms with Gasteiger partial charge in [-0.05, 0) is 12.5 Å². The van der Waals surface area contributed by atoms with Gasteiger partial charge in [-0.15, -0.1) is 0 Å². The Morgan fingerprint density at radius 3 is 2.55 bits per heavy atom. The van der Waals surface area contributed by atoms with Crippen molar-refractivity contribution in [3.8, 4) is 5.75 Å². The van der Waals surface area contributed by atoms with Crippen LogP contribution in [0.2, 0.25) is 0 Å². The van der Waals surface area contributed by atoms with Gasteiger partial charge in [-0.1, -0.05) is 30.3 Å². The SMILES string of the molecule is Cc1ncc(C=O)c(C(=O)N(C)C)c1OCc1ccccc1. The highest BCUT2D eigenvalue weighted by atomic mass is 16.5. The number of hydrogen-bond donors (Lipinski definition) is 0. The molecule has 0 bridgehead atoms. The molecule has 0 atom stereocenters. The minimum absolute atomic E-state index is 0.229. The van der Waals surface area contributed by atoms with E-state index in [1.54, 1.807) is 21.0 Å². The van der Waals surface area contributed by atoms with E-state index in [-0.39, 0.29) is 17.0 Å². The van der Waals surface area contributed by atoms with Gasteiger partial charge in [-0.25, -0.2) is 0 Å². The second-order valence-corrected chi connectivity index (χ2v) is 5.09. The lowest BCUT2D eigenvalue weighted by Crippen LogP contribution is -2.24. The van der Waals surface area contributed by atoms with E-state index in [2.05, 4.69) is 4.98 Å². The molecule has 0 radical (unpaired) electrons. The zero-order valence-electron chi connectivity index (χ0n) is 12.9. The number of aldehydes is 1. The second kappa shape index (κ2) is 6.85. The molecule has 0 unspecified atom stereocenters. The van der Waals surface area contributed by atoms with Crippen LogP contribution in [0.5, 0.6) is 5.75 Å². The summed E-state index contributed by atoms with van der Waals surface area (Å²) in [5.74, 6) is 0.0721. The van der Waals surface area contributed by atoms with E-state index in [0.717, 1.165) is 5.56 Å². The van der Waals surface area contributed by atoms with Crippen LogP contribution in [0.15, 0.2) is 36.5 Å². The van der Waals surface area contributed by atoms with Crippen molar-refractivity contribution < 1.29 is 14.3 Å². The summed E-state index contributed by atoms with van der Waals surface area (Å²) < 4.78 is 5.80. The lowest BCUT2D eigenvalue weighted by atomic mass is 10.1. The van der Waals surface area contributed by atoms with Crippen LogP contribution in [-0.4, -0.2) is 36.2 Å². The highest BCUT2D eigenvalue weighted by molar-refractivity contribution is 6.03. The summed E-state index contributed by atoms with van der Waals surface area (Å²) in [6.45, 7) is 2.06. The van der Waals surface area contributed by atoms with E-state index in [1.807, 2.05) is 30.3 Å². The molecule has 2 aromatic rings. The standard InChI is InChI=1S/C17H18N2O3/c1-12-16(22-11-13-7-5-4-6-8-13)15(17(21)19(2)3)14(10-20)9-18-12/h4-10H,11H2,1-3H3. The average Bonchev–Trinajstić information content (AvgIpc) is 2.53. The van der Waals surface area contributed by atoms with Crippen LogP contribution in [-0.2, 0) is 6.61 Å². The van der Waals surface area contributed by atoms with Gasteiger partial charge in [0, 0.05) is 25.9 Å². The minimum atomic E-state index is -0.282. The van der Waals surface area contributed by atoms with Crippen molar-refractivity contribution in [3.63, 3.8) is 0 Å². The Morgan fingerprint density at radius 2 is 1.95 bits per heavy atom. The predicted molar refractivity (Wildman–Crippen MR) is 83.2 cm³/mol. The summed E-state index contributed by atoms with van der Waals surface area (Å²) >= 11 is 0. The summed E-state index contributed by atoms with van der Waals surface area (Å²) in [6.07, 6.45) is 2.02. The van der Waals surface area contributed by atoms with Crippen LogP contribution in [0.25, 0.3) is 0 Å². The smallest absolute Gasteiger partial charge is 0.257 e. The largest absolute Gasteiger partial charge is 0.486 e. The Bertz CT molecular complexity index is 682. The molecule has 0 fully saturated rings. The van der Waals surface area contributed by atoms with Crippen LogP contribution in [0.4, 0.5) is 0 Å². The van der Waals surface area contributed by atoms with Crippen molar-refractivity contribution in [3.05, 3.63) is 58.9 Å². The van der Waals surface area contributed by atoms with Crippen LogP contribution in [0.1, 0.15) is 32.0 Å². The molecular weight excluding hydrogens is 280 g/mol. The van der Waals surface area contributed by atoms with Gasteiger partial charge in [0.25, 0.3) is 5.91 Å². The number of nitrogens with zero attached hydrogens (tertiary/aromatic N) is 2. The topological polar surface area (TPSA) is 59.5 Å². The molecule has 0 aliphatic carbocycles. The molecule has 1 heterocycles. The van der Waals surface area contributed by atoms with Crippen molar-refractivity contribution in [2.75, 3.05) is 14.1 Å². The Labute approximate surface area is 129 Å². The number of hydrogen-bond acceptors (Lipinski definition) is 4. The fourth-order valence-corrected chi connectivity index (χ4v) is 2.04. The Kier molecular flexibility index (Phi) is 4.88. The lowest BCUT2D eigenvalue weighted by molar-refractivity contribution is 0.0818. The van der Waals surface area contributed by atoms with Crippen molar-refractivity contribution >= 4 is 12.2 Å². The normalized spacial score (nSPS) is 10.1. The summed E-state index contributed by atoms with van der Waals surface area (Å²) in [7, 11) is 3.27. The van der Waals surface area contributed by atoms with E-state index in [4.69, 9.17) is 4.74 Å². The number of ether oxygens (including phenoxy) is 1. The van der Waals surface area contributed by atoms with Crippen LogP contribution >= 0.6 is 0 Å². The maximum absolute atomic E-state index is 12.4. The number of carbonyl (C=O) groups is 2. The molecule has 0 aliphatic heterocycles. The van der Waals surface area contributed by atoms with E-state index >= 15 is 0 Å². The first-order chi connectivity index (χ1) is 10.5. The number of aromatic nitrogens is 1. The molecule has 5 nitrogen and oxygen atoms in total. The van der Waals surface area contributed by atoms with Gasteiger partial charge in [0.05, 0.1) is 11.3 Å². The number of carbonyl (C=O) groups excluding carboxylic acids is 2. The van der Waals surface area contributed by atoms with Crippen LogP contribution < -0.4 is 4.74 Å². The molecule has 2 rings (SSSR count). The average molecular weight is 298 g/mol. The van der Waals surface area contributed by atoms with Crippen LogP contribution in [0.3, 0.4) is 0 Å².